The maximum absolute atomic E-state index is 10.7. The van der Waals surface area contributed by atoms with Gasteiger partial charge in [0, 0.05) is 18.0 Å². The van der Waals surface area contributed by atoms with Gasteiger partial charge in [0.25, 0.3) is 0 Å². The van der Waals surface area contributed by atoms with Gasteiger partial charge in [0.05, 0.1) is 9.90 Å². The molecule has 0 saturated heterocycles. The highest BCUT2D eigenvalue weighted by atomic mass is 35.5. The molecule has 21 heavy (non-hydrogen) atoms. The van der Waals surface area contributed by atoms with Crippen molar-refractivity contribution in [3.05, 3.63) is 51.2 Å². The largest absolute Gasteiger partial charge is 0.492 e. The Morgan fingerprint density at radius 3 is 2.57 bits per heavy atom. The van der Waals surface area contributed by atoms with Gasteiger partial charge in [0.1, 0.15) is 12.4 Å². The van der Waals surface area contributed by atoms with Crippen LogP contribution in [-0.4, -0.2) is 36.2 Å². The summed E-state index contributed by atoms with van der Waals surface area (Å²) in [7, 11) is 2.02. The fourth-order valence-electron chi connectivity index (χ4n) is 1.79. The van der Waals surface area contributed by atoms with E-state index in [4.69, 9.17) is 21.4 Å². The van der Waals surface area contributed by atoms with Gasteiger partial charge in [-0.2, -0.15) is 0 Å². The first-order chi connectivity index (χ1) is 10.0. The van der Waals surface area contributed by atoms with Crippen LogP contribution in [0, 0.1) is 0 Å². The van der Waals surface area contributed by atoms with Gasteiger partial charge in [-0.3, -0.25) is 4.90 Å². The second-order valence-corrected chi connectivity index (χ2v) is 6.42. The minimum absolute atomic E-state index is 0.258. The number of benzene rings is 1. The first-order valence-electron chi connectivity index (χ1n) is 6.43. The summed E-state index contributed by atoms with van der Waals surface area (Å²) in [4.78, 5) is 14.1. The molecule has 112 valence electrons. The lowest BCUT2D eigenvalue weighted by atomic mass is 10.2. The number of ether oxygens (including phenoxy) is 1. The third-order valence-electron chi connectivity index (χ3n) is 2.90. The SMILES string of the molecule is CN(CCOc1ccc(C(=O)O)cc1)Cc1ccc(Cl)s1. The second-order valence-electron chi connectivity index (χ2n) is 4.62. The van der Waals surface area contributed by atoms with Crippen molar-refractivity contribution in [2.75, 3.05) is 20.2 Å². The number of carboxylic acid groups (broad SMARTS) is 1. The molecule has 1 heterocycles. The Labute approximate surface area is 132 Å². The first-order valence-corrected chi connectivity index (χ1v) is 7.63. The predicted octanol–water partition coefficient (Wildman–Crippen LogP) is 3.61. The van der Waals surface area contributed by atoms with Crippen LogP contribution in [0.2, 0.25) is 4.34 Å². The summed E-state index contributed by atoms with van der Waals surface area (Å²) in [5.74, 6) is -0.261. The van der Waals surface area contributed by atoms with Crippen molar-refractivity contribution in [2.24, 2.45) is 0 Å². The zero-order valence-corrected chi connectivity index (χ0v) is 13.2. The third-order valence-corrected chi connectivity index (χ3v) is 4.11. The van der Waals surface area contributed by atoms with Gasteiger partial charge in [0.2, 0.25) is 0 Å². The molecule has 0 aliphatic rings. The minimum atomic E-state index is -0.934. The van der Waals surface area contributed by atoms with Gasteiger partial charge in [-0.05, 0) is 43.4 Å². The van der Waals surface area contributed by atoms with Crippen LogP contribution in [-0.2, 0) is 6.54 Å². The lowest BCUT2D eigenvalue weighted by Gasteiger charge is -2.16. The summed E-state index contributed by atoms with van der Waals surface area (Å²) in [6.07, 6.45) is 0. The molecule has 4 nitrogen and oxygen atoms in total. The van der Waals surface area contributed by atoms with Crippen LogP contribution in [0.5, 0.6) is 5.75 Å². The predicted molar refractivity (Wildman–Crippen MR) is 84.6 cm³/mol. The average Bonchev–Trinajstić information content (AvgIpc) is 2.84. The molecule has 1 aromatic carbocycles. The Morgan fingerprint density at radius 2 is 2.00 bits per heavy atom. The molecule has 0 saturated carbocycles. The number of halogens is 1. The van der Waals surface area contributed by atoms with Crippen molar-refractivity contribution in [1.29, 1.82) is 0 Å². The molecule has 0 atom stereocenters. The molecule has 0 aliphatic heterocycles. The normalized spacial score (nSPS) is 10.8. The molecule has 0 fully saturated rings. The van der Waals surface area contributed by atoms with Crippen molar-refractivity contribution in [3.8, 4) is 5.75 Å². The van der Waals surface area contributed by atoms with E-state index in [0.29, 0.717) is 12.4 Å². The molecular formula is C15H16ClNO3S. The van der Waals surface area contributed by atoms with Crippen LogP contribution >= 0.6 is 22.9 Å². The maximum Gasteiger partial charge on any atom is 0.335 e. The lowest BCUT2D eigenvalue weighted by Crippen LogP contribution is -2.23. The van der Waals surface area contributed by atoms with Crippen molar-refractivity contribution >= 4 is 28.9 Å². The fraction of sp³-hybridized carbons (Fsp3) is 0.267. The zero-order valence-electron chi connectivity index (χ0n) is 11.6. The molecule has 1 N–H and O–H groups in total. The Morgan fingerprint density at radius 1 is 1.29 bits per heavy atom. The van der Waals surface area contributed by atoms with Crippen LogP contribution in [0.4, 0.5) is 0 Å². The van der Waals surface area contributed by atoms with E-state index >= 15 is 0 Å². The van der Waals surface area contributed by atoms with Gasteiger partial charge < -0.3 is 9.84 Å². The number of thiophene rings is 1. The summed E-state index contributed by atoms with van der Waals surface area (Å²) in [5.41, 5.74) is 0.258. The van der Waals surface area contributed by atoms with Crippen molar-refractivity contribution in [3.63, 3.8) is 0 Å². The highest BCUT2D eigenvalue weighted by molar-refractivity contribution is 7.16. The Hall–Kier alpha value is -1.56. The summed E-state index contributed by atoms with van der Waals surface area (Å²) in [5, 5.41) is 8.81. The van der Waals surface area contributed by atoms with E-state index in [1.54, 1.807) is 23.5 Å². The van der Waals surface area contributed by atoms with E-state index in [-0.39, 0.29) is 5.56 Å². The highest BCUT2D eigenvalue weighted by Crippen LogP contribution is 2.22. The standard InChI is InChI=1S/C15H16ClNO3S/c1-17(10-13-6-7-14(16)21-13)8-9-20-12-4-2-11(3-5-12)15(18)19/h2-7H,8-10H2,1H3,(H,18,19). The smallest absolute Gasteiger partial charge is 0.335 e. The van der Waals surface area contributed by atoms with Crippen LogP contribution in [0.15, 0.2) is 36.4 Å². The van der Waals surface area contributed by atoms with Crippen molar-refractivity contribution < 1.29 is 14.6 Å². The second kappa shape index (κ2) is 7.45. The van der Waals surface area contributed by atoms with E-state index in [2.05, 4.69) is 4.90 Å². The van der Waals surface area contributed by atoms with Crippen LogP contribution in [0.1, 0.15) is 15.2 Å². The quantitative estimate of drug-likeness (QED) is 0.845. The van der Waals surface area contributed by atoms with E-state index in [0.717, 1.165) is 17.4 Å². The van der Waals surface area contributed by atoms with Crippen molar-refractivity contribution in [2.45, 2.75) is 6.54 Å². The third kappa shape index (κ3) is 5.04. The molecule has 0 radical (unpaired) electrons. The van der Waals surface area contributed by atoms with E-state index in [1.807, 2.05) is 19.2 Å². The summed E-state index contributed by atoms with van der Waals surface area (Å²) in [6, 6.07) is 10.3. The molecule has 0 amide bonds. The topological polar surface area (TPSA) is 49.8 Å². The Bertz CT molecular complexity index is 597. The Kier molecular flexibility index (Phi) is 5.61. The molecule has 1 aromatic heterocycles. The summed E-state index contributed by atoms with van der Waals surface area (Å²) < 4.78 is 6.40. The Balaban J connectivity index is 1.74. The average molecular weight is 326 g/mol. The number of hydrogen-bond donors (Lipinski definition) is 1. The first kappa shape index (κ1) is 15.8. The molecule has 6 heteroatoms. The van der Waals surface area contributed by atoms with Crippen LogP contribution in [0.25, 0.3) is 0 Å². The summed E-state index contributed by atoms with van der Waals surface area (Å²) >= 11 is 7.47. The van der Waals surface area contributed by atoms with Crippen LogP contribution < -0.4 is 4.74 Å². The minimum Gasteiger partial charge on any atom is -0.492 e. The van der Waals surface area contributed by atoms with E-state index in [1.165, 1.54) is 17.0 Å². The number of carbonyl (C=O) groups is 1. The number of aromatic carboxylic acids is 1. The van der Waals surface area contributed by atoms with Gasteiger partial charge in [-0.1, -0.05) is 11.6 Å². The molecule has 2 aromatic rings. The molecule has 0 aliphatic carbocycles. The number of rotatable bonds is 7. The molecule has 0 unspecified atom stereocenters. The number of carboxylic acids is 1. The molecule has 0 bridgehead atoms. The fourth-order valence-corrected chi connectivity index (χ4v) is 2.96. The molecule has 0 spiro atoms. The van der Waals surface area contributed by atoms with Gasteiger partial charge in [-0.25, -0.2) is 4.79 Å². The van der Waals surface area contributed by atoms with Gasteiger partial charge in [0.15, 0.2) is 0 Å². The molecular weight excluding hydrogens is 310 g/mol. The van der Waals surface area contributed by atoms with E-state index < -0.39 is 5.97 Å². The van der Waals surface area contributed by atoms with Crippen LogP contribution in [0.3, 0.4) is 0 Å². The monoisotopic (exact) mass is 325 g/mol. The van der Waals surface area contributed by atoms with Gasteiger partial charge in [-0.15, -0.1) is 11.3 Å². The molecule has 2 rings (SSSR count). The van der Waals surface area contributed by atoms with Crippen molar-refractivity contribution in [1.82, 2.24) is 4.90 Å². The number of nitrogens with zero attached hydrogens (tertiary/aromatic N) is 1. The summed E-state index contributed by atoms with van der Waals surface area (Å²) in [6.45, 7) is 2.15. The zero-order chi connectivity index (χ0) is 15.2. The van der Waals surface area contributed by atoms with Gasteiger partial charge >= 0.3 is 5.97 Å². The highest BCUT2D eigenvalue weighted by Gasteiger charge is 2.05. The maximum atomic E-state index is 10.7. The lowest BCUT2D eigenvalue weighted by molar-refractivity contribution is 0.0697. The number of hydrogen-bond acceptors (Lipinski definition) is 4. The number of likely N-dealkylation sites (N-methyl/N-ethyl adjacent to an activating group) is 1. The van der Waals surface area contributed by atoms with E-state index in [9.17, 15) is 4.79 Å².